The van der Waals surface area contributed by atoms with Crippen molar-refractivity contribution in [2.75, 3.05) is 14.1 Å². The van der Waals surface area contributed by atoms with E-state index in [2.05, 4.69) is 4.90 Å². The molecule has 0 aliphatic heterocycles. The van der Waals surface area contributed by atoms with Crippen molar-refractivity contribution in [1.82, 2.24) is 4.90 Å². The third-order valence-corrected chi connectivity index (χ3v) is 3.82. The van der Waals surface area contributed by atoms with E-state index in [0.717, 1.165) is 12.8 Å². The molecule has 0 radical (unpaired) electrons. The van der Waals surface area contributed by atoms with Gasteiger partial charge in [-0.15, -0.1) is 0 Å². The summed E-state index contributed by atoms with van der Waals surface area (Å²) in [6, 6.07) is 0.380. The summed E-state index contributed by atoms with van der Waals surface area (Å²) in [5, 5.41) is 17.9. The fraction of sp³-hybridized carbons (Fsp3) is 0.929. The highest BCUT2D eigenvalue weighted by Crippen LogP contribution is 2.55. The van der Waals surface area contributed by atoms with Gasteiger partial charge < -0.3 is 19.7 Å². The average molecular weight is 285 g/mol. The lowest BCUT2D eigenvalue weighted by atomic mass is 9.81. The van der Waals surface area contributed by atoms with Gasteiger partial charge in [-0.3, -0.25) is 4.79 Å². The van der Waals surface area contributed by atoms with Gasteiger partial charge in [-0.2, -0.15) is 0 Å². The molecule has 1 aliphatic carbocycles. The Morgan fingerprint density at radius 1 is 1.40 bits per heavy atom. The van der Waals surface area contributed by atoms with Crippen molar-refractivity contribution in [3.63, 3.8) is 0 Å². The molecule has 0 spiro atoms. The molecule has 116 valence electrons. The first kappa shape index (κ1) is 17.5. The van der Waals surface area contributed by atoms with Crippen LogP contribution in [-0.2, 0) is 9.53 Å². The van der Waals surface area contributed by atoms with Crippen LogP contribution in [0, 0.1) is 5.41 Å². The van der Waals surface area contributed by atoms with Gasteiger partial charge in [0, 0.05) is 6.04 Å². The first-order valence-corrected chi connectivity index (χ1v) is 7.30. The summed E-state index contributed by atoms with van der Waals surface area (Å²) in [5.41, 5.74) is -0.511. The van der Waals surface area contributed by atoms with Crippen molar-refractivity contribution in [3.05, 3.63) is 0 Å². The molecule has 0 aromatic carbocycles. The van der Waals surface area contributed by atoms with E-state index in [1.807, 2.05) is 34.9 Å². The Labute approximate surface area is 122 Å². The van der Waals surface area contributed by atoms with Gasteiger partial charge >= 0.3 is 13.1 Å². The molecular weight excluding hydrogens is 257 g/mol. The second-order valence-electron chi connectivity index (χ2n) is 7.18. The molecule has 1 rings (SSSR count). The third kappa shape index (κ3) is 5.42. The fourth-order valence-electron chi connectivity index (χ4n) is 2.91. The van der Waals surface area contributed by atoms with Gasteiger partial charge in [0.05, 0.1) is 6.42 Å². The highest BCUT2D eigenvalue weighted by atomic mass is 16.6. The smallest absolute Gasteiger partial charge is 0.451 e. The molecule has 2 unspecified atom stereocenters. The van der Waals surface area contributed by atoms with Crippen LogP contribution in [0.1, 0.15) is 46.5 Å². The lowest BCUT2D eigenvalue weighted by Gasteiger charge is -2.24. The lowest BCUT2D eigenvalue weighted by molar-refractivity contribution is -0.156. The van der Waals surface area contributed by atoms with Crippen LogP contribution in [0.25, 0.3) is 0 Å². The summed E-state index contributed by atoms with van der Waals surface area (Å²) >= 11 is 0. The summed E-state index contributed by atoms with van der Waals surface area (Å²) in [6.45, 7) is 5.61. The maximum absolute atomic E-state index is 12.0. The molecule has 5 nitrogen and oxygen atoms in total. The quantitative estimate of drug-likeness (QED) is 0.545. The molecular formula is C14H28BNO4. The summed E-state index contributed by atoms with van der Waals surface area (Å²) in [4.78, 5) is 14.2. The number of nitrogens with zero attached hydrogens (tertiary/aromatic N) is 1. The molecule has 0 aromatic heterocycles. The average Bonchev–Trinajstić information content (AvgIpc) is 2.88. The monoisotopic (exact) mass is 285 g/mol. The van der Waals surface area contributed by atoms with Crippen LogP contribution in [0.4, 0.5) is 0 Å². The maximum Gasteiger partial charge on any atom is 0.451 e. The van der Waals surface area contributed by atoms with Gasteiger partial charge in [-0.05, 0) is 59.4 Å². The number of hydrogen-bond donors (Lipinski definition) is 2. The molecule has 0 aromatic rings. The van der Waals surface area contributed by atoms with Crippen LogP contribution in [0.5, 0.6) is 0 Å². The standard InChI is InChI=1S/C14H28BNO4/c1-13(2,3)20-12(17)10-14(7-6-8-15(18)19)9-11(14)16(4)5/h11,18-19H,6-10H2,1-5H3. The Balaban J connectivity index is 2.55. The Morgan fingerprint density at radius 3 is 2.40 bits per heavy atom. The van der Waals surface area contributed by atoms with Crippen LogP contribution in [-0.4, -0.2) is 53.8 Å². The van der Waals surface area contributed by atoms with E-state index >= 15 is 0 Å². The van der Waals surface area contributed by atoms with Gasteiger partial charge in [0.2, 0.25) is 0 Å². The maximum atomic E-state index is 12.0. The van der Waals surface area contributed by atoms with E-state index in [0.29, 0.717) is 25.2 Å². The van der Waals surface area contributed by atoms with E-state index < -0.39 is 12.7 Å². The van der Waals surface area contributed by atoms with E-state index in [9.17, 15) is 4.79 Å². The molecule has 1 aliphatic rings. The Bertz CT molecular complexity index is 341. The first-order chi connectivity index (χ1) is 9.06. The number of rotatable bonds is 7. The van der Waals surface area contributed by atoms with Crippen LogP contribution < -0.4 is 0 Å². The summed E-state index contributed by atoms with van der Waals surface area (Å²) in [6.07, 6.45) is 3.28. The van der Waals surface area contributed by atoms with Crippen molar-refractivity contribution < 1.29 is 19.6 Å². The molecule has 20 heavy (non-hydrogen) atoms. The second kappa shape index (κ2) is 6.45. The Morgan fingerprint density at radius 2 is 2.00 bits per heavy atom. The fourth-order valence-corrected chi connectivity index (χ4v) is 2.91. The Kier molecular flexibility index (Phi) is 5.64. The van der Waals surface area contributed by atoms with Crippen molar-refractivity contribution >= 4 is 13.1 Å². The van der Waals surface area contributed by atoms with Gasteiger partial charge in [-0.1, -0.05) is 6.42 Å². The van der Waals surface area contributed by atoms with Crippen molar-refractivity contribution in [1.29, 1.82) is 0 Å². The number of carbonyl (C=O) groups excluding carboxylic acids is 1. The highest BCUT2D eigenvalue weighted by Gasteiger charge is 2.56. The number of esters is 1. The van der Waals surface area contributed by atoms with Gasteiger partial charge in [0.15, 0.2) is 0 Å². The summed E-state index contributed by atoms with van der Waals surface area (Å²) in [5.74, 6) is -0.161. The van der Waals surface area contributed by atoms with Gasteiger partial charge in [0.25, 0.3) is 0 Å². The molecule has 0 amide bonds. The van der Waals surface area contributed by atoms with Gasteiger partial charge in [-0.25, -0.2) is 0 Å². The predicted molar refractivity (Wildman–Crippen MR) is 79.2 cm³/mol. The van der Waals surface area contributed by atoms with Crippen molar-refractivity contribution in [3.8, 4) is 0 Å². The number of hydrogen-bond acceptors (Lipinski definition) is 5. The van der Waals surface area contributed by atoms with Crippen LogP contribution >= 0.6 is 0 Å². The van der Waals surface area contributed by atoms with Crippen LogP contribution in [0.3, 0.4) is 0 Å². The lowest BCUT2D eigenvalue weighted by Crippen LogP contribution is -2.29. The molecule has 0 heterocycles. The van der Waals surface area contributed by atoms with Crippen molar-refractivity contribution in [2.24, 2.45) is 5.41 Å². The molecule has 1 fully saturated rings. The summed E-state index contributed by atoms with van der Waals surface area (Å²) < 4.78 is 5.41. The van der Waals surface area contributed by atoms with Crippen molar-refractivity contribution in [2.45, 2.75) is 64.4 Å². The molecule has 2 N–H and O–H groups in total. The normalized spacial score (nSPS) is 25.7. The zero-order chi connectivity index (χ0) is 15.6. The SMILES string of the molecule is CN(C)C1CC1(CCCB(O)O)CC(=O)OC(C)(C)C. The van der Waals surface area contributed by atoms with E-state index in [4.69, 9.17) is 14.8 Å². The molecule has 1 saturated carbocycles. The third-order valence-electron chi connectivity index (χ3n) is 3.82. The highest BCUT2D eigenvalue weighted by molar-refractivity contribution is 6.40. The molecule has 2 atom stereocenters. The zero-order valence-corrected chi connectivity index (χ0v) is 13.3. The largest absolute Gasteiger partial charge is 0.460 e. The van der Waals surface area contributed by atoms with E-state index in [1.54, 1.807) is 0 Å². The number of carbonyl (C=O) groups is 1. The first-order valence-electron chi connectivity index (χ1n) is 7.30. The van der Waals surface area contributed by atoms with E-state index in [-0.39, 0.29) is 11.4 Å². The topological polar surface area (TPSA) is 70.0 Å². The minimum Gasteiger partial charge on any atom is -0.460 e. The van der Waals surface area contributed by atoms with Crippen LogP contribution in [0.2, 0.25) is 6.32 Å². The zero-order valence-electron chi connectivity index (χ0n) is 13.3. The van der Waals surface area contributed by atoms with Gasteiger partial charge in [0.1, 0.15) is 5.60 Å². The minimum atomic E-state index is -1.26. The van der Waals surface area contributed by atoms with E-state index in [1.165, 1.54) is 0 Å². The summed E-state index contributed by atoms with van der Waals surface area (Å²) in [7, 11) is 2.77. The molecule has 0 bridgehead atoms. The Hall–Kier alpha value is -0.585. The number of ether oxygens (including phenoxy) is 1. The molecule has 6 heteroatoms. The van der Waals surface area contributed by atoms with Crippen LogP contribution in [0.15, 0.2) is 0 Å². The molecule has 0 saturated heterocycles. The predicted octanol–water partition coefficient (Wildman–Crippen LogP) is 1.29. The minimum absolute atomic E-state index is 0.0548. The second-order valence-corrected chi connectivity index (χ2v) is 7.18.